The first kappa shape index (κ1) is 22.8. The minimum atomic E-state index is -0.410. The normalized spacial score (nSPS) is 20.8. The van der Waals surface area contributed by atoms with Gasteiger partial charge in [-0.3, -0.25) is 4.79 Å². The van der Waals surface area contributed by atoms with Crippen molar-refractivity contribution in [3.63, 3.8) is 0 Å². The summed E-state index contributed by atoms with van der Waals surface area (Å²) in [7, 11) is 0. The second-order valence-corrected chi connectivity index (χ2v) is 9.72. The average Bonchev–Trinajstić information content (AvgIpc) is 3.30. The van der Waals surface area contributed by atoms with Crippen molar-refractivity contribution in [2.45, 2.75) is 76.7 Å². The third-order valence-corrected chi connectivity index (χ3v) is 7.37. The molecule has 2 aliphatic rings. The van der Waals surface area contributed by atoms with Crippen LogP contribution in [0.4, 0.5) is 5.69 Å². The Hall–Kier alpha value is -2.33. The van der Waals surface area contributed by atoms with Gasteiger partial charge < -0.3 is 15.0 Å². The Morgan fingerprint density at radius 2 is 1.88 bits per heavy atom. The Morgan fingerprint density at radius 3 is 2.59 bits per heavy atom. The number of hydrogen-bond donors (Lipinski definition) is 1. The van der Waals surface area contributed by atoms with E-state index in [1.165, 1.54) is 31.4 Å². The fraction of sp³-hybridized carbons (Fsp3) is 0.536. The maximum absolute atomic E-state index is 13.4. The van der Waals surface area contributed by atoms with Crippen molar-refractivity contribution < 1.29 is 9.53 Å². The number of amides is 1. The van der Waals surface area contributed by atoms with Crippen LogP contribution < -0.4 is 10.1 Å². The van der Waals surface area contributed by atoms with E-state index in [4.69, 9.17) is 4.74 Å². The molecule has 0 bridgehead atoms. The summed E-state index contributed by atoms with van der Waals surface area (Å²) in [6.45, 7) is 7.49. The average molecular weight is 435 g/mol. The van der Waals surface area contributed by atoms with Gasteiger partial charge in [-0.2, -0.15) is 0 Å². The number of carbonyl (C=O) groups is 1. The zero-order chi connectivity index (χ0) is 22.4. The largest absolute Gasteiger partial charge is 0.494 e. The molecule has 1 aliphatic heterocycles. The molecule has 2 aromatic rings. The Morgan fingerprint density at radius 1 is 1.09 bits per heavy atom. The fourth-order valence-corrected chi connectivity index (χ4v) is 5.40. The second kappa shape index (κ2) is 10.5. The molecular weight excluding hydrogens is 396 g/mol. The summed E-state index contributed by atoms with van der Waals surface area (Å²) >= 11 is 0. The zero-order valence-corrected chi connectivity index (χ0v) is 19.7. The van der Waals surface area contributed by atoms with Crippen molar-refractivity contribution in [1.82, 2.24) is 4.90 Å². The molecule has 1 aliphatic carbocycles. The molecule has 4 heteroatoms. The molecule has 0 radical (unpaired) electrons. The molecule has 0 unspecified atom stereocenters. The van der Waals surface area contributed by atoms with E-state index in [0.717, 1.165) is 62.3 Å². The number of ether oxygens (including phenoxy) is 1. The summed E-state index contributed by atoms with van der Waals surface area (Å²) in [4.78, 5) is 16.0. The van der Waals surface area contributed by atoms with Crippen molar-refractivity contribution in [2.24, 2.45) is 0 Å². The summed E-state index contributed by atoms with van der Waals surface area (Å²) in [5.41, 5.74) is 2.78. The van der Waals surface area contributed by atoms with Crippen LogP contribution in [0.1, 0.15) is 69.4 Å². The first-order valence-corrected chi connectivity index (χ1v) is 12.4. The standard InChI is InChI=1S/C28H38N2O2/c1-22-9-7-11-24(21-22)28(16-4-5-17-28)27(31)29-25-12-14-26(15-13-25)32-20-8-19-30-18-6-3-10-23(30)2/h7,9,11-15,21,23H,3-6,8,10,16-20H2,1-2H3,(H,29,31)/t23-/m0/s1. The van der Waals surface area contributed by atoms with Crippen LogP contribution in [0.3, 0.4) is 0 Å². The highest BCUT2D eigenvalue weighted by atomic mass is 16.5. The van der Waals surface area contributed by atoms with Crippen LogP contribution in [-0.2, 0) is 10.2 Å². The molecule has 2 aromatic carbocycles. The highest BCUT2D eigenvalue weighted by Crippen LogP contribution is 2.42. The van der Waals surface area contributed by atoms with Gasteiger partial charge in [0.25, 0.3) is 0 Å². The predicted octanol–water partition coefficient (Wildman–Crippen LogP) is 6.09. The lowest BCUT2D eigenvalue weighted by Gasteiger charge is -2.33. The molecule has 0 spiro atoms. The summed E-state index contributed by atoms with van der Waals surface area (Å²) < 4.78 is 5.96. The Labute approximate surface area is 193 Å². The molecule has 2 fully saturated rings. The first-order chi connectivity index (χ1) is 15.6. The van der Waals surface area contributed by atoms with Crippen molar-refractivity contribution in [2.75, 3.05) is 25.0 Å². The smallest absolute Gasteiger partial charge is 0.235 e. The van der Waals surface area contributed by atoms with Gasteiger partial charge in [0.1, 0.15) is 5.75 Å². The van der Waals surface area contributed by atoms with Crippen molar-refractivity contribution in [3.05, 3.63) is 59.7 Å². The van der Waals surface area contributed by atoms with Gasteiger partial charge in [-0.1, -0.05) is 49.1 Å². The number of rotatable bonds is 8. The minimum Gasteiger partial charge on any atom is -0.494 e. The number of likely N-dealkylation sites (tertiary alicyclic amines) is 1. The number of piperidine rings is 1. The molecule has 4 rings (SSSR count). The third kappa shape index (κ3) is 5.35. The SMILES string of the molecule is Cc1cccc(C2(C(=O)Nc3ccc(OCCCN4CCCC[C@@H]4C)cc3)CCCC2)c1. The Balaban J connectivity index is 1.30. The van der Waals surface area contributed by atoms with E-state index in [0.29, 0.717) is 6.04 Å². The van der Waals surface area contributed by atoms with Crippen molar-refractivity contribution in [3.8, 4) is 5.75 Å². The lowest BCUT2D eigenvalue weighted by Crippen LogP contribution is -2.38. The van der Waals surface area contributed by atoms with Crippen LogP contribution in [-0.4, -0.2) is 36.5 Å². The molecule has 172 valence electrons. The predicted molar refractivity (Wildman–Crippen MR) is 131 cm³/mol. The van der Waals surface area contributed by atoms with E-state index in [1.54, 1.807) is 0 Å². The number of benzene rings is 2. The van der Waals surface area contributed by atoms with Crippen LogP contribution in [0.25, 0.3) is 0 Å². The molecule has 32 heavy (non-hydrogen) atoms. The maximum atomic E-state index is 13.4. The van der Waals surface area contributed by atoms with Gasteiger partial charge in [0.05, 0.1) is 12.0 Å². The molecule has 0 aromatic heterocycles. The quantitative estimate of drug-likeness (QED) is 0.511. The minimum absolute atomic E-state index is 0.116. The van der Waals surface area contributed by atoms with Crippen LogP contribution in [0.5, 0.6) is 5.75 Å². The van der Waals surface area contributed by atoms with E-state index in [2.05, 4.69) is 48.3 Å². The third-order valence-electron chi connectivity index (χ3n) is 7.37. The van der Waals surface area contributed by atoms with E-state index in [-0.39, 0.29) is 5.91 Å². The number of hydrogen-bond acceptors (Lipinski definition) is 3. The van der Waals surface area contributed by atoms with Crippen molar-refractivity contribution in [1.29, 1.82) is 0 Å². The summed E-state index contributed by atoms with van der Waals surface area (Å²) in [6, 6.07) is 17.0. The van der Waals surface area contributed by atoms with Gasteiger partial charge in [-0.25, -0.2) is 0 Å². The van der Waals surface area contributed by atoms with Gasteiger partial charge in [0.2, 0.25) is 5.91 Å². The molecule has 1 saturated heterocycles. The Kier molecular flexibility index (Phi) is 7.51. The summed E-state index contributed by atoms with van der Waals surface area (Å²) in [6.07, 6.45) is 9.08. The molecule has 1 heterocycles. The second-order valence-electron chi connectivity index (χ2n) is 9.72. The highest BCUT2D eigenvalue weighted by Gasteiger charge is 2.42. The van der Waals surface area contributed by atoms with E-state index < -0.39 is 5.41 Å². The van der Waals surface area contributed by atoms with Crippen LogP contribution in [0, 0.1) is 6.92 Å². The van der Waals surface area contributed by atoms with Gasteiger partial charge in [0.15, 0.2) is 0 Å². The molecular formula is C28H38N2O2. The monoisotopic (exact) mass is 434 g/mol. The number of carbonyl (C=O) groups excluding carboxylic acids is 1. The molecule has 1 atom stereocenters. The van der Waals surface area contributed by atoms with E-state index in [1.807, 2.05) is 24.3 Å². The van der Waals surface area contributed by atoms with Gasteiger partial charge >= 0.3 is 0 Å². The number of anilines is 1. The number of aryl methyl sites for hydroxylation is 1. The summed E-state index contributed by atoms with van der Waals surface area (Å²) in [5.74, 6) is 0.980. The fourth-order valence-electron chi connectivity index (χ4n) is 5.40. The lowest BCUT2D eigenvalue weighted by atomic mass is 9.77. The van der Waals surface area contributed by atoms with Crippen LogP contribution in [0.2, 0.25) is 0 Å². The number of nitrogens with zero attached hydrogens (tertiary/aromatic N) is 1. The molecule has 4 nitrogen and oxygen atoms in total. The van der Waals surface area contributed by atoms with Gasteiger partial charge in [0, 0.05) is 18.3 Å². The highest BCUT2D eigenvalue weighted by molar-refractivity contribution is 5.99. The first-order valence-electron chi connectivity index (χ1n) is 12.4. The Bertz CT molecular complexity index is 887. The van der Waals surface area contributed by atoms with Gasteiger partial charge in [-0.05, 0) is 82.3 Å². The number of nitrogens with one attached hydrogen (secondary N) is 1. The van der Waals surface area contributed by atoms with Gasteiger partial charge in [-0.15, -0.1) is 0 Å². The van der Waals surface area contributed by atoms with E-state index in [9.17, 15) is 4.79 Å². The van der Waals surface area contributed by atoms with Crippen LogP contribution in [0.15, 0.2) is 48.5 Å². The topological polar surface area (TPSA) is 41.6 Å². The van der Waals surface area contributed by atoms with Crippen LogP contribution >= 0.6 is 0 Å². The van der Waals surface area contributed by atoms with E-state index >= 15 is 0 Å². The molecule has 1 N–H and O–H groups in total. The van der Waals surface area contributed by atoms with Crippen molar-refractivity contribution >= 4 is 11.6 Å². The lowest BCUT2D eigenvalue weighted by molar-refractivity contribution is -0.121. The maximum Gasteiger partial charge on any atom is 0.235 e. The zero-order valence-electron chi connectivity index (χ0n) is 19.7. The molecule has 1 saturated carbocycles. The molecule has 1 amide bonds. The summed E-state index contributed by atoms with van der Waals surface area (Å²) in [5, 5.41) is 3.18.